The first-order chi connectivity index (χ1) is 8.41. The molecule has 1 aromatic carbocycles. The third-order valence-corrected chi connectivity index (χ3v) is 3.91. The van der Waals surface area contributed by atoms with Crippen LogP contribution >= 0.6 is 0 Å². The van der Waals surface area contributed by atoms with Crippen LogP contribution in [0.1, 0.15) is 23.2 Å². The van der Waals surface area contributed by atoms with Crippen molar-refractivity contribution in [1.29, 1.82) is 0 Å². The van der Waals surface area contributed by atoms with E-state index in [1.165, 1.54) is 0 Å². The Kier molecular flexibility index (Phi) is 5.03. The maximum atomic E-state index is 11.7. The van der Waals surface area contributed by atoms with E-state index in [-0.39, 0.29) is 18.6 Å². The lowest BCUT2D eigenvalue weighted by Gasteiger charge is -2.03. The summed E-state index contributed by atoms with van der Waals surface area (Å²) in [4.78, 5) is 21.9. The second kappa shape index (κ2) is 6.30. The molecule has 0 aliphatic rings. The third kappa shape index (κ3) is 5.09. The lowest BCUT2D eigenvalue weighted by molar-refractivity contribution is -0.137. The van der Waals surface area contributed by atoms with Crippen LogP contribution in [0, 0.1) is 0 Å². The van der Waals surface area contributed by atoms with E-state index in [1.54, 1.807) is 30.3 Å². The summed E-state index contributed by atoms with van der Waals surface area (Å²) < 4.78 is 23.2. The van der Waals surface area contributed by atoms with Gasteiger partial charge in [-0.2, -0.15) is 0 Å². The zero-order valence-corrected chi connectivity index (χ0v) is 10.5. The average molecular weight is 270 g/mol. The molecule has 0 bridgehead atoms. The van der Waals surface area contributed by atoms with Crippen molar-refractivity contribution in [3.8, 4) is 0 Å². The van der Waals surface area contributed by atoms with E-state index in [0.717, 1.165) is 0 Å². The zero-order valence-electron chi connectivity index (χ0n) is 9.70. The Bertz CT molecular complexity index is 519. The van der Waals surface area contributed by atoms with Gasteiger partial charge in [-0.05, 0) is 6.42 Å². The second-order valence-electron chi connectivity index (χ2n) is 3.88. The van der Waals surface area contributed by atoms with Gasteiger partial charge in [-0.25, -0.2) is 8.42 Å². The fourth-order valence-electron chi connectivity index (χ4n) is 1.42. The summed E-state index contributed by atoms with van der Waals surface area (Å²) in [6.07, 6.45) is -0.182. The van der Waals surface area contributed by atoms with Crippen LogP contribution in [0.15, 0.2) is 30.3 Å². The zero-order chi connectivity index (χ0) is 13.6. The molecule has 1 aromatic rings. The first-order valence-corrected chi connectivity index (χ1v) is 7.23. The van der Waals surface area contributed by atoms with Crippen LogP contribution in [0.5, 0.6) is 0 Å². The number of ketones is 1. The van der Waals surface area contributed by atoms with Crippen molar-refractivity contribution < 1.29 is 23.1 Å². The fourth-order valence-corrected chi connectivity index (χ4v) is 2.72. The highest BCUT2D eigenvalue weighted by atomic mass is 32.2. The first-order valence-electron chi connectivity index (χ1n) is 5.41. The molecule has 5 nitrogen and oxygen atoms in total. The van der Waals surface area contributed by atoms with E-state index < -0.39 is 27.3 Å². The van der Waals surface area contributed by atoms with Crippen LogP contribution in [0.2, 0.25) is 0 Å². The van der Waals surface area contributed by atoms with Crippen molar-refractivity contribution in [3.05, 3.63) is 35.9 Å². The molecule has 0 fully saturated rings. The molecule has 0 aromatic heterocycles. The molecule has 0 aliphatic carbocycles. The molecule has 18 heavy (non-hydrogen) atoms. The summed E-state index contributed by atoms with van der Waals surface area (Å²) in [5, 5.41) is 8.41. The lowest BCUT2D eigenvalue weighted by Crippen LogP contribution is -2.19. The van der Waals surface area contributed by atoms with Gasteiger partial charge in [0.15, 0.2) is 15.6 Å². The molecule has 0 spiro atoms. The van der Waals surface area contributed by atoms with E-state index >= 15 is 0 Å². The van der Waals surface area contributed by atoms with Crippen molar-refractivity contribution in [2.45, 2.75) is 12.8 Å². The Morgan fingerprint density at radius 3 is 2.28 bits per heavy atom. The van der Waals surface area contributed by atoms with Crippen LogP contribution in [0.3, 0.4) is 0 Å². The topological polar surface area (TPSA) is 88.5 Å². The van der Waals surface area contributed by atoms with Gasteiger partial charge in [-0.3, -0.25) is 9.59 Å². The SMILES string of the molecule is O=C(O)CCCS(=O)(=O)CC(=O)c1ccccc1. The van der Waals surface area contributed by atoms with Gasteiger partial charge < -0.3 is 5.11 Å². The van der Waals surface area contributed by atoms with Crippen LogP contribution in [-0.4, -0.2) is 36.8 Å². The highest BCUT2D eigenvalue weighted by Gasteiger charge is 2.18. The molecular weight excluding hydrogens is 256 g/mol. The standard InChI is InChI=1S/C12H14O5S/c13-11(10-5-2-1-3-6-10)9-18(16,17)8-4-7-12(14)15/h1-3,5-6H,4,7-9H2,(H,14,15). The molecule has 1 N–H and O–H groups in total. The Balaban J connectivity index is 2.56. The van der Waals surface area contributed by atoms with E-state index in [2.05, 4.69) is 0 Å². The monoisotopic (exact) mass is 270 g/mol. The normalized spacial score (nSPS) is 11.1. The highest BCUT2D eigenvalue weighted by Crippen LogP contribution is 2.05. The number of carbonyl (C=O) groups is 2. The Labute approximate surface area is 105 Å². The number of hydrogen-bond donors (Lipinski definition) is 1. The molecule has 98 valence electrons. The maximum absolute atomic E-state index is 11.7. The van der Waals surface area contributed by atoms with Crippen molar-refractivity contribution in [3.63, 3.8) is 0 Å². The molecule has 0 amide bonds. The predicted molar refractivity (Wildman–Crippen MR) is 66.3 cm³/mol. The number of hydrogen-bond acceptors (Lipinski definition) is 4. The number of carboxylic acids is 1. The second-order valence-corrected chi connectivity index (χ2v) is 6.06. The van der Waals surface area contributed by atoms with Gasteiger partial charge in [0.2, 0.25) is 0 Å². The Morgan fingerprint density at radius 2 is 1.72 bits per heavy atom. The molecule has 0 saturated carbocycles. The minimum atomic E-state index is -3.54. The number of aliphatic carboxylic acids is 1. The van der Waals surface area contributed by atoms with Gasteiger partial charge >= 0.3 is 5.97 Å². The van der Waals surface area contributed by atoms with Gasteiger partial charge in [-0.1, -0.05) is 30.3 Å². The summed E-state index contributed by atoms with van der Waals surface area (Å²) >= 11 is 0. The quantitative estimate of drug-likeness (QED) is 0.751. The van der Waals surface area contributed by atoms with Gasteiger partial charge in [0.05, 0.1) is 5.75 Å². The van der Waals surface area contributed by atoms with Gasteiger partial charge in [0, 0.05) is 12.0 Å². The van der Waals surface area contributed by atoms with Gasteiger partial charge in [-0.15, -0.1) is 0 Å². The number of rotatable bonds is 7. The van der Waals surface area contributed by atoms with E-state index in [1.807, 2.05) is 0 Å². The molecule has 0 saturated heterocycles. The largest absolute Gasteiger partial charge is 0.481 e. The van der Waals surface area contributed by atoms with Crippen LogP contribution < -0.4 is 0 Å². The molecule has 0 atom stereocenters. The average Bonchev–Trinajstić information content (AvgIpc) is 2.28. The molecule has 0 heterocycles. The smallest absolute Gasteiger partial charge is 0.303 e. The summed E-state index contributed by atoms with van der Waals surface area (Å²) in [6.45, 7) is 0. The summed E-state index contributed by atoms with van der Waals surface area (Å²) in [6, 6.07) is 8.15. The number of Topliss-reactive ketones (excluding diaryl/α,β-unsaturated/α-hetero) is 1. The third-order valence-electron chi connectivity index (χ3n) is 2.29. The summed E-state index contributed by atoms with van der Waals surface area (Å²) in [5.74, 6) is -2.36. The van der Waals surface area contributed by atoms with Gasteiger partial charge in [0.25, 0.3) is 0 Å². The lowest BCUT2D eigenvalue weighted by atomic mass is 10.2. The number of carbonyl (C=O) groups excluding carboxylic acids is 1. The molecular formula is C12H14O5S. The van der Waals surface area contributed by atoms with Crippen molar-refractivity contribution >= 4 is 21.6 Å². The molecule has 0 radical (unpaired) electrons. The van der Waals surface area contributed by atoms with Crippen molar-refractivity contribution in [2.24, 2.45) is 0 Å². The highest BCUT2D eigenvalue weighted by molar-refractivity contribution is 7.92. The van der Waals surface area contributed by atoms with Gasteiger partial charge in [0.1, 0.15) is 5.75 Å². The van der Waals surface area contributed by atoms with Crippen LogP contribution in [0.25, 0.3) is 0 Å². The van der Waals surface area contributed by atoms with Crippen LogP contribution in [0.4, 0.5) is 0 Å². The molecule has 1 rings (SSSR count). The molecule has 0 aliphatic heterocycles. The Morgan fingerprint density at radius 1 is 1.11 bits per heavy atom. The minimum Gasteiger partial charge on any atom is -0.481 e. The number of sulfone groups is 1. The van der Waals surface area contributed by atoms with Crippen LogP contribution in [-0.2, 0) is 14.6 Å². The maximum Gasteiger partial charge on any atom is 0.303 e. The number of carboxylic acid groups (broad SMARTS) is 1. The van der Waals surface area contributed by atoms with E-state index in [4.69, 9.17) is 5.11 Å². The minimum absolute atomic E-state index is 0.0275. The summed E-state index contributed by atoms with van der Waals surface area (Å²) in [7, 11) is -3.54. The first kappa shape index (κ1) is 14.4. The van der Waals surface area contributed by atoms with E-state index in [9.17, 15) is 18.0 Å². The fraction of sp³-hybridized carbons (Fsp3) is 0.333. The number of benzene rings is 1. The molecule has 0 unspecified atom stereocenters. The van der Waals surface area contributed by atoms with Crippen molar-refractivity contribution in [1.82, 2.24) is 0 Å². The van der Waals surface area contributed by atoms with E-state index in [0.29, 0.717) is 5.56 Å². The Hall–Kier alpha value is -1.69. The predicted octanol–water partition coefficient (Wildman–Crippen LogP) is 1.15. The summed E-state index contributed by atoms with van der Waals surface area (Å²) in [5.41, 5.74) is 0.347. The van der Waals surface area contributed by atoms with Crippen molar-refractivity contribution in [2.75, 3.05) is 11.5 Å². The molecule has 6 heteroatoms.